The van der Waals surface area contributed by atoms with Crippen molar-refractivity contribution in [2.45, 2.75) is 31.7 Å². The van der Waals surface area contributed by atoms with Gasteiger partial charge in [0, 0.05) is 46.1 Å². The van der Waals surface area contributed by atoms with E-state index in [1.54, 1.807) is 19.0 Å². The summed E-state index contributed by atoms with van der Waals surface area (Å²) in [4.78, 5) is 16.0. The lowest BCUT2D eigenvalue weighted by Gasteiger charge is -2.22. The lowest BCUT2D eigenvalue weighted by atomic mass is 10.3. The average Bonchev–Trinajstić information content (AvgIpc) is 3.00. The van der Waals surface area contributed by atoms with Crippen molar-refractivity contribution in [1.29, 1.82) is 0 Å². The quantitative estimate of drug-likeness (QED) is 0.666. The van der Waals surface area contributed by atoms with Gasteiger partial charge in [0.15, 0.2) is 0 Å². The number of hydrogen-bond donors (Lipinski definition) is 1. The lowest BCUT2D eigenvalue weighted by Crippen LogP contribution is -2.34. The second kappa shape index (κ2) is 6.15. The van der Waals surface area contributed by atoms with E-state index in [2.05, 4.69) is 4.90 Å². The van der Waals surface area contributed by atoms with Gasteiger partial charge in [0.1, 0.15) is 0 Å². The predicted molar refractivity (Wildman–Crippen MR) is 69.3 cm³/mol. The van der Waals surface area contributed by atoms with Gasteiger partial charge in [-0.3, -0.25) is 9.69 Å². The molecule has 0 spiro atoms. The van der Waals surface area contributed by atoms with Crippen molar-refractivity contribution < 1.29 is 4.79 Å². The largest absolute Gasteiger partial charge is 0.393 e. The normalized spacial score (nSPS) is 15.2. The monoisotopic (exact) mass is 243 g/mol. The van der Waals surface area contributed by atoms with Crippen molar-refractivity contribution in [2.24, 2.45) is 5.73 Å². The van der Waals surface area contributed by atoms with Gasteiger partial charge in [-0.05, 0) is 12.8 Å². The van der Waals surface area contributed by atoms with E-state index in [9.17, 15) is 4.79 Å². The molecule has 1 rings (SSSR count). The van der Waals surface area contributed by atoms with Crippen LogP contribution in [0.3, 0.4) is 0 Å². The molecule has 5 heteroatoms. The van der Waals surface area contributed by atoms with Gasteiger partial charge < -0.3 is 10.6 Å². The number of nitrogens with zero attached hydrogens (tertiary/aromatic N) is 2. The minimum atomic E-state index is 0.181. The molecule has 0 aromatic carbocycles. The number of carbonyl (C=O) groups excluding carboxylic acids is 1. The average molecular weight is 243 g/mol. The van der Waals surface area contributed by atoms with Crippen molar-refractivity contribution in [3.05, 3.63) is 0 Å². The van der Waals surface area contributed by atoms with E-state index >= 15 is 0 Å². The van der Waals surface area contributed by atoms with E-state index < -0.39 is 0 Å². The Morgan fingerprint density at radius 3 is 2.31 bits per heavy atom. The molecule has 2 N–H and O–H groups in total. The van der Waals surface area contributed by atoms with Gasteiger partial charge in [-0.1, -0.05) is 12.2 Å². The molecule has 1 fully saturated rings. The van der Waals surface area contributed by atoms with Crippen LogP contribution >= 0.6 is 12.2 Å². The summed E-state index contributed by atoms with van der Waals surface area (Å²) in [6, 6.07) is 0.657. The first-order valence-corrected chi connectivity index (χ1v) is 6.14. The number of carbonyl (C=O) groups is 1. The second-order valence-corrected chi connectivity index (χ2v) is 5.05. The number of amides is 1. The van der Waals surface area contributed by atoms with Crippen LogP contribution in [0.4, 0.5) is 0 Å². The minimum Gasteiger partial charge on any atom is -0.393 e. The maximum absolute atomic E-state index is 11.5. The molecule has 0 bridgehead atoms. The molecule has 4 nitrogen and oxygen atoms in total. The molecule has 1 amide bonds. The first kappa shape index (κ1) is 13.4. The molecule has 0 atom stereocenters. The number of hydrogen-bond acceptors (Lipinski definition) is 3. The fourth-order valence-corrected chi connectivity index (χ4v) is 1.72. The first-order valence-electron chi connectivity index (χ1n) is 5.73. The zero-order valence-electron chi connectivity index (χ0n) is 10.1. The van der Waals surface area contributed by atoms with Crippen molar-refractivity contribution >= 4 is 23.1 Å². The number of nitrogens with two attached hydrogens (primary N) is 1. The second-order valence-electron chi connectivity index (χ2n) is 4.52. The van der Waals surface area contributed by atoms with Gasteiger partial charge in [0.05, 0.1) is 4.99 Å². The van der Waals surface area contributed by atoms with Crippen molar-refractivity contribution in [3.63, 3.8) is 0 Å². The highest BCUT2D eigenvalue weighted by Gasteiger charge is 2.28. The Kier molecular flexibility index (Phi) is 5.15. The zero-order chi connectivity index (χ0) is 12.1. The molecule has 0 aromatic rings. The lowest BCUT2D eigenvalue weighted by molar-refractivity contribution is -0.129. The van der Waals surface area contributed by atoms with Gasteiger partial charge in [-0.25, -0.2) is 0 Å². The molecule has 0 saturated heterocycles. The van der Waals surface area contributed by atoms with Gasteiger partial charge in [-0.15, -0.1) is 0 Å². The highest BCUT2D eigenvalue weighted by atomic mass is 32.1. The summed E-state index contributed by atoms with van der Waals surface area (Å²) in [5.41, 5.74) is 5.50. The standard InChI is InChI=1S/C11H21N3OS/c1-13(2)11(15)6-8-14(9-3-4-9)7-5-10(12)16/h9H,3-8H2,1-2H3,(H2,12,16). The highest BCUT2D eigenvalue weighted by molar-refractivity contribution is 7.80. The Bertz CT molecular complexity index is 264. The topological polar surface area (TPSA) is 49.6 Å². The molecule has 1 aliphatic rings. The van der Waals surface area contributed by atoms with Crippen LogP contribution in [0.25, 0.3) is 0 Å². The van der Waals surface area contributed by atoms with E-state index in [0.717, 1.165) is 19.5 Å². The molecule has 0 aromatic heterocycles. The smallest absolute Gasteiger partial charge is 0.223 e. The Morgan fingerprint density at radius 2 is 1.88 bits per heavy atom. The predicted octanol–water partition coefficient (Wildman–Crippen LogP) is 0.605. The maximum Gasteiger partial charge on any atom is 0.223 e. The Hall–Kier alpha value is -0.680. The summed E-state index contributed by atoms with van der Waals surface area (Å²) in [5, 5.41) is 0. The molecule has 0 aliphatic heterocycles. The third-order valence-electron chi connectivity index (χ3n) is 2.82. The van der Waals surface area contributed by atoms with E-state index in [-0.39, 0.29) is 5.91 Å². The van der Waals surface area contributed by atoms with E-state index in [4.69, 9.17) is 18.0 Å². The van der Waals surface area contributed by atoms with Gasteiger partial charge >= 0.3 is 0 Å². The summed E-state index contributed by atoms with van der Waals surface area (Å²) in [6.07, 6.45) is 3.82. The van der Waals surface area contributed by atoms with Crippen molar-refractivity contribution in [1.82, 2.24) is 9.80 Å². The fourth-order valence-electron chi connectivity index (χ4n) is 1.63. The Balaban J connectivity index is 2.28. The number of rotatable bonds is 7. The fraction of sp³-hybridized carbons (Fsp3) is 0.818. The third kappa shape index (κ3) is 4.90. The summed E-state index contributed by atoms with van der Waals surface area (Å²) in [5.74, 6) is 0.181. The summed E-state index contributed by atoms with van der Waals surface area (Å²) >= 11 is 4.87. The molecule has 1 aliphatic carbocycles. The number of thiocarbonyl (C=S) groups is 1. The molecular formula is C11H21N3OS. The van der Waals surface area contributed by atoms with Crippen LogP contribution in [-0.4, -0.2) is 53.9 Å². The van der Waals surface area contributed by atoms with Crippen LogP contribution in [0.15, 0.2) is 0 Å². The summed E-state index contributed by atoms with van der Waals surface area (Å²) < 4.78 is 0. The van der Waals surface area contributed by atoms with E-state index in [1.807, 2.05) is 0 Å². The summed E-state index contributed by atoms with van der Waals surface area (Å²) in [7, 11) is 3.58. The summed E-state index contributed by atoms with van der Waals surface area (Å²) in [6.45, 7) is 1.71. The maximum atomic E-state index is 11.5. The van der Waals surface area contributed by atoms with Crippen LogP contribution < -0.4 is 5.73 Å². The molecule has 92 valence electrons. The molecule has 0 heterocycles. The van der Waals surface area contributed by atoms with E-state index in [1.165, 1.54) is 12.8 Å². The van der Waals surface area contributed by atoms with Crippen LogP contribution in [0, 0.1) is 0 Å². The first-order chi connectivity index (χ1) is 7.50. The van der Waals surface area contributed by atoms with E-state index in [0.29, 0.717) is 17.5 Å². The minimum absolute atomic E-state index is 0.181. The van der Waals surface area contributed by atoms with Gasteiger partial charge in [0.25, 0.3) is 0 Å². The van der Waals surface area contributed by atoms with Crippen LogP contribution in [0.2, 0.25) is 0 Å². The van der Waals surface area contributed by atoms with Crippen LogP contribution in [0.1, 0.15) is 25.7 Å². The molecule has 16 heavy (non-hydrogen) atoms. The van der Waals surface area contributed by atoms with Gasteiger partial charge in [-0.2, -0.15) is 0 Å². The Morgan fingerprint density at radius 1 is 1.31 bits per heavy atom. The highest BCUT2D eigenvalue weighted by Crippen LogP contribution is 2.26. The molecule has 0 unspecified atom stereocenters. The third-order valence-corrected chi connectivity index (χ3v) is 3.02. The molecule has 1 saturated carbocycles. The van der Waals surface area contributed by atoms with Crippen LogP contribution in [0.5, 0.6) is 0 Å². The van der Waals surface area contributed by atoms with Crippen molar-refractivity contribution in [3.8, 4) is 0 Å². The van der Waals surface area contributed by atoms with Crippen LogP contribution in [-0.2, 0) is 4.79 Å². The zero-order valence-corrected chi connectivity index (χ0v) is 10.9. The van der Waals surface area contributed by atoms with Gasteiger partial charge in [0.2, 0.25) is 5.91 Å². The molecule has 0 radical (unpaired) electrons. The van der Waals surface area contributed by atoms with Crippen molar-refractivity contribution in [2.75, 3.05) is 27.2 Å². The molecular weight excluding hydrogens is 222 g/mol. The Labute approximate surface area is 103 Å². The SMILES string of the molecule is CN(C)C(=O)CCN(CCC(N)=S)C1CC1.